The Bertz CT molecular complexity index is 1340. The van der Waals surface area contributed by atoms with Gasteiger partial charge >= 0.3 is 6.09 Å². The van der Waals surface area contributed by atoms with Crippen molar-refractivity contribution in [3.05, 3.63) is 58.7 Å². The van der Waals surface area contributed by atoms with Crippen LogP contribution in [0.5, 0.6) is 0 Å². The molecule has 0 unspecified atom stereocenters. The monoisotopic (exact) mass is 532 g/mol. The molecule has 1 atom stereocenters. The van der Waals surface area contributed by atoms with E-state index in [4.69, 9.17) is 9.47 Å². The fourth-order valence-corrected chi connectivity index (χ4v) is 6.04. The maximum absolute atomic E-state index is 13.7. The van der Waals surface area contributed by atoms with E-state index in [1.807, 2.05) is 23.1 Å². The fraction of sp³-hybridized carbons (Fsp3) is 0.448. The van der Waals surface area contributed by atoms with E-state index in [-0.39, 0.29) is 29.7 Å². The molecular formula is C29H32N4O6. The van der Waals surface area contributed by atoms with E-state index in [1.54, 1.807) is 30.0 Å². The third-order valence-electron chi connectivity index (χ3n) is 8.08. The van der Waals surface area contributed by atoms with Crippen LogP contribution in [0, 0.1) is 5.92 Å². The molecule has 2 aromatic rings. The van der Waals surface area contributed by atoms with Crippen molar-refractivity contribution in [3.8, 4) is 0 Å². The highest BCUT2D eigenvalue weighted by atomic mass is 16.6. The average molecular weight is 533 g/mol. The number of anilines is 2. The standard InChI is InChI=1S/C29H32N4O6/c1-2-39-29(37)31-13-11-30(12-14-31)26(34)19-5-4-10-32(16-19)24-7-3-6-23-25(24)28(36)33(27(23)35)22-9-8-20-17-38-18-21(20)15-22/h3,6-9,15,19H,2,4-5,10-14,16-18H2,1H3/t19-/m0/s1. The number of amides is 4. The van der Waals surface area contributed by atoms with Gasteiger partial charge in [-0.25, -0.2) is 9.69 Å². The lowest BCUT2D eigenvalue weighted by molar-refractivity contribution is -0.137. The second-order valence-electron chi connectivity index (χ2n) is 10.4. The first-order valence-electron chi connectivity index (χ1n) is 13.6. The van der Waals surface area contributed by atoms with Crippen LogP contribution in [0.1, 0.15) is 51.6 Å². The maximum Gasteiger partial charge on any atom is 0.409 e. The van der Waals surface area contributed by atoms with Crippen molar-refractivity contribution < 1.29 is 28.7 Å². The molecule has 0 bridgehead atoms. The van der Waals surface area contributed by atoms with Crippen LogP contribution in [-0.2, 0) is 27.5 Å². The van der Waals surface area contributed by atoms with Gasteiger partial charge in [-0.3, -0.25) is 14.4 Å². The number of benzene rings is 2. The Balaban J connectivity index is 1.18. The molecule has 0 N–H and O–H groups in total. The summed E-state index contributed by atoms with van der Waals surface area (Å²) in [6.07, 6.45) is 1.23. The quantitative estimate of drug-likeness (QED) is 0.558. The zero-order valence-corrected chi connectivity index (χ0v) is 22.1. The highest BCUT2D eigenvalue weighted by Gasteiger charge is 2.41. The van der Waals surface area contributed by atoms with E-state index in [0.717, 1.165) is 24.0 Å². The third kappa shape index (κ3) is 4.52. The number of carbonyl (C=O) groups excluding carboxylic acids is 4. The Morgan fingerprint density at radius 2 is 1.72 bits per heavy atom. The summed E-state index contributed by atoms with van der Waals surface area (Å²) in [6.45, 7) is 6.15. The van der Waals surface area contributed by atoms with Gasteiger partial charge < -0.3 is 24.2 Å². The van der Waals surface area contributed by atoms with Gasteiger partial charge in [0.05, 0.1) is 48.2 Å². The van der Waals surface area contributed by atoms with E-state index in [2.05, 4.69) is 4.90 Å². The van der Waals surface area contributed by atoms with Crippen LogP contribution in [0.15, 0.2) is 36.4 Å². The SMILES string of the molecule is CCOC(=O)N1CCN(C(=O)[C@H]2CCCN(c3cccc4c3C(=O)N(c3ccc5c(c3)COC5)C4=O)C2)CC1. The predicted molar refractivity (Wildman–Crippen MR) is 143 cm³/mol. The second-order valence-corrected chi connectivity index (χ2v) is 10.4. The minimum atomic E-state index is -0.340. The van der Waals surface area contributed by atoms with Crippen molar-refractivity contribution >= 4 is 35.2 Å². The largest absolute Gasteiger partial charge is 0.450 e. The molecule has 4 aliphatic heterocycles. The summed E-state index contributed by atoms with van der Waals surface area (Å²) in [4.78, 5) is 59.3. The van der Waals surface area contributed by atoms with E-state index >= 15 is 0 Å². The molecule has 0 aliphatic carbocycles. The van der Waals surface area contributed by atoms with Gasteiger partial charge in [0, 0.05) is 39.3 Å². The lowest BCUT2D eigenvalue weighted by atomic mass is 9.94. The van der Waals surface area contributed by atoms with Gasteiger partial charge in [0.1, 0.15) is 0 Å². The lowest BCUT2D eigenvalue weighted by Gasteiger charge is -2.39. The Hall–Kier alpha value is -3.92. The lowest BCUT2D eigenvalue weighted by Crippen LogP contribution is -2.53. The zero-order chi connectivity index (χ0) is 27.1. The number of ether oxygens (including phenoxy) is 2. The minimum absolute atomic E-state index is 0.0696. The first kappa shape index (κ1) is 25.4. The van der Waals surface area contributed by atoms with Crippen LogP contribution in [-0.4, -0.2) is 79.5 Å². The molecule has 0 radical (unpaired) electrons. The van der Waals surface area contributed by atoms with Gasteiger partial charge in [-0.15, -0.1) is 0 Å². The van der Waals surface area contributed by atoms with E-state index in [9.17, 15) is 19.2 Å². The molecule has 4 heterocycles. The van der Waals surface area contributed by atoms with Gasteiger partial charge in [0.15, 0.2) is 0 Å². The number of imide groups is 1. The minimum Gasteiger partial charge on any atom is -0.450 e. The fourth-order valence-electron chi connectivity index (χ4n) is 6.04. The molecule has 39 heavy (non-hydrogen) atoms. The van der Waals surface area contributed by atoms with Gasteiger partial charge in [-0.1, -0.05) is 12.1 Å². The first-order chi connectivity index (χ1) is 19.0. The predicted octanol–water partition coefficient (Wildman–Crippen LogP) is 3.03. The van der Waals surface area contributed by atoms with Crippen LogP contribution < -0.4 is 9.80 Å². The molecule has 10 heteroatoms. The highest BCUT2D eigenvalue weighted by molar-refractivity contribution is 6.36. The Labute approximate surface area is 227 Å². The number of piperazine rings is 1. The summed E-state index contributed by atoms with van der Waals surface area (Å²) in [5.74, 6) is -0.822. The van der Waals surface area contributed by atoms with Crippen LogP contribution in [0.3, 0.4) is 0 Å². The normalized spacial score (nSPS) is 20.8. The van der Waals surface area contributed by atoms with Gasteiger partial charge in [-0.05, 0) is 55.2 Å². The number of carbonyl (C=O) groups is 4. The summed E-state index contributed by atoms with van der Waals surface area (Å²) < 4.78 is 10.6. The molecule has 0 saturated carbocycles. The molecule has 6 rings (SSSR count). The Morgan fingerprint density at radius 3 is 2.51 bits per heavy atom. The van der Waals surface area contributed by atoms with Gasteiger partial charge in [0.2, 0.25) is 5.91 Å². The van der Waals surface area contributed by atoms with Gasteiger partial charge in [-0.2, -0.15) is 0 Å². The molecule has 4 aliphatic rings. The van der Waals surface area contributed by atoms with Crippen LogP contribution in [0.2, 0.25) is 0 Å². The van der Waals surface area contributed by atoms with E-state index in [0.29, 0.717) is 81.6 Å². The van der Waals surface area contributed by atoms with Crippen LogP contribution in [0.4, 0.5) is 16.2 Å². The average Bonchev–Trinajstić information content (AvgIpc) is 3.54. The van der Waals surface area contributed by atoms with E-state index < -0.39 is 0 Å². The number of hydrogen-bond acceptors (Lipinski definition) is 7. The number of hydrogen-bond donors (Lipinski definition) is 0. The molecule has 2 aromatic carbocycles. The topological polar surface area (TPSA) is 99.7 Å². The summed E-state index contributed by atoms with van der Waals surface area (Å²) in [5.41, 5.74) is 4.09. The second kappa shape index (κ2) is 10.3. The van der Waals surface area contributed by atoms with E-state index in [1.165, 1.54) is 4.90 Å². The Morgan fingerprint density at radius 1 is 0.949 bits per heavy atom. The Kier molecular flexibility index (Phi) is 6.72. The number of fused-ring (bicyclic) bond motifs is 2. The molecule has 204 valence electrons. The van der Waals surface area contributed by atoms with Crippen molar-refractivity contribution in [3.63, 3.8) is 0 Å². The van der Waals surface area contributed by atoms with Crippen molar-refractivity contribution in [2.24, 2.45) is 5.92 Å². The molecule has 0 aromatic heterocycles. The van der Waals surface area contributed by atoms with Crippen molar-refractivity contribution in [1.29, 1.82) is 0 Å². The number of piperidine rings is 1. The highest BCUT2D eigenvalue weighted by Crippen LogP contribution is 2.37. The first-order valence-corrected chi connectivity index (χ1v) is 13.6. The maximum atomic E-state index is 13.7. The number of nitrogens with zero attached hydrogens (tertiary/aromatic N) is 4. The molecule has 10 nitrogen and oxygen atoms in total. The molecule has 2 saturated heterocycles. The van der Waals surface area contributed by atoms with Crippen molar-refractivity contribution in [1.82, 2.24) is 9.80 Å². The molecule has 0 spiro atoms. The van der Waals surface area contributed by atoms with Crippen molar-refractivity contribution in [2.45, 2.75) is 33.0 Å². The third-order valence-corrected chi connectivity index (χ3v) is 8.08. The summed E-state index contributed by atoms with van der Waals surface area (Å²) in [5, 5.41) is 0. The summed E-state index contributed by atoms with van der Waals surface area (Å²) in [6, 6.07) is 10.9. The van der Waals surface area contributed by atoms with Gasteiger partial charge in [0.25, 0.3) is 11.8 Å². The van der Waals surface area contributed by atoms with Crippen LogP contribution in [0.25, 0.3) is 0 Å². The van der Waals surface area contributed by atoms with Crippen LogP contribution >= 0.6 is 0 Å². The molecule has 4 amide bonds. The zero-order valence-electron chi connectivity index (χ0n) is 22.1. The molecule has 2 fully saturated rings. The molecular weight excluding hydrogens is 500 g/mol. The number of rotatable bonds is 4. The summed E-state index contributed by atoms with van der Waals surface area (Å²) in [7, 11) is 0. The summed E-state index contributed by atoms with van der Waals surface area (Å²) >= 11 is 0. The van der Waals surface area contributed by atoms with Crippen molar-refractivity contribution in [2.75, 3.05) is 55.7 Å². The smallest absolute Gasteiger partial charge is 0.409 e.